The summed E-state index contributed by atoms with van der Waals surface area (Å²) in [6.45, 7) is 4.29. The van der Waals surface area contributed by atoms with Crippen molar-refractivity contribution in [2.24, 2.45) is 5.41 Å². The lowest BCUT2D eigenvalue weighted by Crippen LogP contribution is -2.26. The Balaban J connectivity index is 3.68. The second kappa shape index (κ2) is 6.09. The molecule has 0 aromatic heterocycles. The Kier molecular flexibility index (Phi) is 5.80. The minimum absolute atomic E-state index is 0.0243. The van der Waals surface area contributed by atoms with Gasteiger partial charge in [-0.3, -0.25) is 0 Å². The fourth-order valence-corrected chi connectivity index (χ4v) is 1.28. The molecule has 16 heavy (non-hydrogen) atoms. The van der Waals surface area contributed by atoms with Crippen molar-refractivity contribution in [3.05, 3.63) is 0 Å². The average Bonchev–Trinajstić information content (AvgIpc) is 2.13. The third-order valence-corrected chi connectivity index (χ3v) is 2.42. The van der Waals surface area contributed by atoms with Gasteiger partial charge in [0.2, 0.25) is 0 Å². The third-order valence-electron chi connectivity index (χ3n) is 2.42. The molecule has 94 valence electrons. The van der Waals surface area contributed by atoms with Gasteiger partial charge in [0.05, 0.1) is 17.9 Å². The summed E-state index contributed by atoms with van der Waals surface area (Å²) in [5, 5.41) is 8.76. The maximum absolute atomic E-state index is 11.9. The zero-order chi connectivity index (χ0) is 12.8. The number of alkyl halides is 3. The first-order valence-electron chi connectivity index (χ1n) is 5.33. The van der Waals surface area contributed by atoms with Crippen LogP contribution in [0.4, 0.5) is 13.2 Å². The lowest BCUT2D eigenvalue weighted by atomic mass is 9.90. The van der Waals surface area contributed by atoms with Gasteiger partial charge in [-0.05, 0) is 40.3 Å². The molecule has 0 heterocycles. The van der Waals surface area contributed by atoms with Crippen molar-refractivity contribution in [2.45, 2.75) is 39.3 Å². The summed E-state index contributed by atoms with van der Waals surface area (Å²) < 4.78 is 35.7. The average molecular weight is 236 g/mol. The summed E-state index contributed by atoms with van der Waals surface area (Å²) in [6, 6.07) is 2.17. The number of hydrogen-bond donors (Lipinski definition) is 0. The number of nitrogens with zero attached hydrogens (tertiary/aromatic N) is 2. The molecule has 0 atom stereocenters. The van der Waals surface area contributed by atoms with E-state index in [0.717, 1.165) is 6.42 Å². The van der Waals surface area contributed by atoms with Crippen molar-refractivity contribution in [3.8, 4) is 6.07 Å². The maximum atomic E-state index is 11.9. The van der Waals surface area contributed by atoms with Crippen LogP contribution in [0.3, 0.4) is 0 Å². The van der Waals surface area contributed by atoms with Crippen molar-refractivity contribution < 1.29 is 13.2 Å². The van der Waals surface area contributed by atoms with E-state index < -0.39 is 12.6 Å². The molecule has 0 radical (unpaired) electrons. The molecule has 0 spiro atoms. The highest BCUT2D eigenvalue weighted by atomic mass is 19.4. The summed E-state index contributed by atoms with van der Waals surface area (Å²) in [5.74, 6) is 0. The Morgan fingerprint density at radius 3 is 2.12 bits per heavy atom. The van der Waals surface area contributed by atoms with E-state index in [-0.39, 0.29) is 12.0 Å². The molecule has 0 amide bonds. The topological polar surface area (TPSA) is 27.0 Å². The Labute approximate surface area is 95.0 Å². The molecule has 0 saturated heterocycles. The van der Waals surface area contributed by atoms with Gasteiger partial charge in [-0.2, -0.15) is 18.4 Å². The first kappa shape index (κ1) is 15.2. The highest BCUT2D eigenvalue weighted by molar-refractivity contribution is 4.91. The standard InChI is InChI=1S/C11H19F3N2/c1-10(2,9-15)5-4-7-16(3)8-6-11(12,13)14/h4-8H2,1-3H3. The van der Waals surface area contributed by atoms with E-state index in [1.165, 1.54) is 0 Å². The Morgan fingerprint density at radius 1 is 1.12 bits per heavy atom. The number of halogens is 3. The van der Waals surface area contributed by atoms with E-state index in [2.05, 4.69) is 6.07 Å². The molecule has 0 aromatic carbocycles. The van der Waals surface area contributed by atoms with Crippen LogP contribution in [0.5, 0.6) is 0 Å². The van der Waals surface area contributed by atoms with Crippen molar-refractivity contribution in [1.29, 1.82) is 5.26 Å². The van der Waals surface area contributed by atoms with Gasteiger partial charge in [-0.25, -0.2) is 0 Å². The van der Waals surface area contributed by atoms with Crippen LogP contribution in [0.15, 0.2) is 0 Å². The zero-order valence-electron chi connectivity index (χ0n) is 10.1. The van der Waals surface area contributed by atoms with Crippen LogP contribution in [0.25, 0.3) is 0 Å². The van der Waals surface area contributed by atoms with Gasteiger partial charge < -0.3 is 4.90 Å². The number of nitriles is 1. The fraction of sp³-hybridized carbons (Fsp3) is 0.909. The maximum Gasteiger partial charge on any atom is 0.390 e. The van der Waals surface area contributed by atoms with Crippen molar-refractivity contribution in [2.75, 3.05) is 20.1 Å². The Bertz CT molecular complexity index is 241. The van der Waals surface area contributed by atoms with E-state index in [4.69, 9.17) is 5.26 Å². The van der Waals surface area contributed by atoms with Crippen molar-refractivity contribution in [1.82, 2.24) is 4.90 Å². The largest absolute Gasteiger partial charge is 0.390 e. The summed E-state index contributed by atoms with van der Waals surface area (Å²) in [4.78, 5) is 1.65. The second-order valence-corrected chi connectivity index (χ2v) is 4.77. The molecular weight excluding hydrogens is 217 g/mol. The predicted molar refractivity (Wildman–Crippen MR) is 56.8 cm³/mol. The number of rotatable bonds is 6. The van der Waals surface area contributed by atoms with E-state index in [1.54, 1.807) is 11.9 Å². The summed E-state index contributed by atoms with van der Waals surface area (Å²) in [6.07, 6.45) is -3.40. The highest BCUT2D eigenvalue weighted by Gasteiger charge is 2.27. The van der Waals surface area contributed by atoms with Gasteiger partial charge in [0.1, 0.15) is 0 Å². The van der Waals surface area contributed by atoms with Gasteiger partial charge in [0.15, 0.2) is 0 Å². The fourth-order valence-electron chi connectivity index (χ4n) is 1.28. The van der Waals surface area contributed by atoms with Crippen LogP contribution in [0, 0.1) is 16.7 Å². The van der Waals surface area contributed by atoms with Crippen molar-refractivity contribution in [3.63, 3.8) is 0 Å². The summed E-state index contributed by atoms with van der Waals surface area (Å²) >= 11 is 0. The summed E-state index contributed by atoms with van der Waals surface area (Å²) in [7, 11) is 1.67. The molecule has 0 fully saturated rings. The molecule has 0 unspecified atom stereocenters. The van der Waals surface area contributed by atoms with Gasteiger partial charge in [-0.1, -0.05) is 0 Å². The highest BCUT2D eigenvalue weighted by Crippen LogP contribution is 2.22. The van der Waals surface area contributed by atoms with Crippen LogP contribution in [0.1, 0.15) is 33.1 Å². The Morgan fingerprint density at radius 2 is 1.69 bits per heavy atom. The minimum atomic E-state index is -4.08. The Hall–Kier alpha value is -0.760. The van der Waals surface area contributed by atoms with Gasteiger partial charge in [-0.15, -0.1) is 0 Å². The normalized spacial score (nSPS) is 12.9. The van der Waals surface area contributed by atoms with E-state index in [0.29, 0.717) is 13.0 Å². The molecule has 0 aliphatic heterocycles. The molecule has 0 aliphatic carbocycles. The lowest BCUT2D eigenvalue weighted by molar-refractivity contribution is -0.137. The van der Waals surface area contributed by atoms with E-state index in [9.17, 15) is 13.2 Å². The van der Waals surface area contributed by atoms with Crippen molar-refractivity contribution >= 4 is 0 Å². The molecule has 0 bridgehead atoms. The number of hydrogen-bond acceptors (Lipinski definition) is 2. The second-order valence-electron chi connectivity index (χ2n) is 4.77. The van der Waals surface area contributed by atoms with Gasteiger partial charge in [0.25, 0.3) is 0 Å². The summed E-state index contributed by atoms with van der Waals surface area (Å²) in [5.41, 5.74) is -0.384. The minimum Gasteiger partial charge on any atom is -0.306 e. The molecule has 0 aliphatic rings. The first-order chi connectivity index (χ1) is 7.16. The van der Waals surface area contributed by atoms with Crippen LogP contribution in [-0.2, 0) is 0 Å². The zero-order valence-corrected chi connectivity index (χ0v) is 10.1. The molecule has 0 rings (SSSR count). The predicted octanol–water partition coefficient (Wildman–Crippen LogP) is 3.20. The van der Waals surface area contributed by atoms with Crippen LogP contribution in [-0.4, -0.2) is 31.2 Å². The molecule has 0 aromatic rings. The molecule has 5 heteroatoms. The molecule has 0 N–H and O–H groups in total. The van der Waals surface area contributed by atoms with E-state index >= 15 is 0 Å². The van der Waals surface area contributed by atoms with Gasteiger partial charge in [0, 0.05) is 6.54 Å². The van der Waals surface area contributed by atoms with Gasteiger partial charge >= 0.3 is 6.18 Å². The van der Waals surface area contributed by atoms with Crippen LogP contribution in [0.2, 0.25) is 0 Å². The molecular formula is C11H19F3N2. The third kappa shape index (κ3) is 8.54. The smallest absolute Gasteiger partial charge is 0.306 e. The molecule has 0 saturated carbocycles. The quantitative estimate of drug-likeness (QED) is 0.708. The van der Waals surface area contributed by atoms with Crippen LogP contribution < -0.4 is 0 Å². The molecule has 2 nitrogen and oxygen atoms in total. The first-order valence-corrected chi connectivity index (χ1v) is 5.33. The monoisotopic (exact) mass is 236 g/mol. The van der Waals surface area contributed by atoms with E-state index in [1.807, 2.05) is 13.8 Å². The lowest BCUT2D eigenvalue weighted by Gasteiger charge is -2.20. The SMILES string of the molecule is CN(CCCC(C)(C)C#N)CCC(F)(F)F. The van der Waals surface area contributed by atoms with Crippen LogP contribution >= 0.6 is 0 Å².